The minimum Gasteiger partial charge on any atom is -0.343 e. The maximum atomic E-state index is 12.3. The molecule has 1 aliphatic heterocycles. The lowest BCUT2D eigenvalue weighted by molar-refractivity contribution is -0.148. The standard InChI is InChI=1S/C15H20N2O2S/c1-3-13-15(19)17(11(2)14(18)16-13)9-10-20-12-7-5-4-6-8-12/h4-8,11,13H,3,9-10H2,1-2H3,(H,16,18). The van der Waals surface area contributed by atoms with Crippen molar-refractivity contribution < 1.29 is 9.59 Å². The van der Waals surface area contributed by atoms with Crippen LogP contribution < -0.4 is 5.32 Å². The van der Waals surface area contributed by atoms with Crippen molar-refractivity contribution in [1.29, 1.82) is 0 Å². The van der Waals surface area contributed by atoms with Crippen LogP contribution in [0.4, 0.5) is 0 Å². The maximum Gasteiger partial charge on any atom is 0.245 e. The van der Waals surface area contributed by atoms with Crippen LogP contribution in [0, 0.1) is 0 Å². The zero-order valence-corrected chi connectivity index (χ0v) is 12.7. The Hall–Kier alpha value is -1.49. The second kappa shape index (κ2) is 6.79. The second-order valence-corrected chi connectivity index (χ2v) is 6.01. The monoisotopic (exact) mass is 292 g/mol. The highest BCUT2D eigenvalue weighted by atomic mass is 32.2. The van der Waals surface area contributed by atoms with Gasteiger partial charge in [0.15, 0.2) is 0 Å². The molecular formula is C15H20N2O2S. The highest BCUT2D eigenvalue weighted by molar-refractivity contribution is 7.99. The van der Waals surface area contributed by atoms with E-state index in [1.165, 1.54) is 4.90 Å². The summed E-state index contributed by atoms with van der Waals surface area (Å²) in [5.74, 6) is 0.776. The molecule has 0 radical (unpaired) electrons. The third-order valence-corrected chi connectivity index (χ3v) is 4.49. The van der Waals surface area contributed by atoms with E-state index in [1.54, 1.807) is 23.6 Å². The predicted octanol–water partition coefficient (Wildman–Crippen LogP) is 1.90. The molecule has 1 aliphatic rings. The van der Waals surface area contributed by atoms with Crippen molar-refractivity contribution in [3.05, 3.63) is 30.3 Å². The number of carbonyl (C=O) groups is 2. The quantitative estimate of drug-likeness (QED) is 0.843. The fraction of sp³-hybridized carbons (Fsp3) is 0.467. The van der Waals surface area contributed by atoms with Gasteiger partial charge in [-0.15, -0.1) is 11.8 Å². The van der Waals surface area contributed by atoms with Gasteiger partial charge in [0.25, 0.3) is 0 Å². The second-order valence-electron chi connectivity index (χ2n) is 4.84. The van der Waals surface area contributed by atoms with Gasteiger partial charge in [-0.2, -0.15) is 0 Å². The largest absolute Gasteiger partial charge is 0.343 e. The normalized spacial score (nSPS) is 22.8. The fourth-order valence-corrected chi connectivity index (χ4v) is 3.12. The number of benzene rings is 1. The molecule has 4 nitrogen and oxygen atoms in total. The van der Waals surface area contributed by atoms with Crippen LogP contribution in [-0.2, 0) is 9.59 Å². The molecule has 5 heteroatoms. The Morgan fingerprint density at radius 2 is 1.95 bits per heavy atom. The third-order valence-electron chi connectivity index (χ3n) is 3.50. The van der Waals surface area contributed by atoms with Crippen molar-refractivity contribution in [3.63, 3.8) is 0 Å². The summed E-state index contributed by atoms with van der Waals surface area (Å²) in [6, 6.07) is 9.34. The van der Waals surface area contributed by atoms with Crippen LogP contribution in [0.3, 0.4) is 0 Å². The molecule has 1 aromatic carbocycles. The number of nitrogens with zero attached hydrogens (tertiary/aromatic N) is 1. The summed E-state index contributed by atoms with van der Waals surface area (Å²) in [6.45, 7) is 4.30. The smallest absolute Gasteiger partial charge is 0.245 e. The Kier molecular flexibility index (Phi) is 5.06. The highest BCUT2D eigenvalue weighted by Crippen LogP contribution is 2.19. The van der Waals surface area contributed by atoms with E-state index in [1.807, 2.05) is 37.3 Å². The summed E-state index contributed by atoms with van der Waals surface area (Å²) < 4.78 is 0. The summed E-state index contributed by atoms with van der Waals surface area (Å²) in [5.41, 5.74) is 0. The van der Waals surface area contributed by atoms with Crippen molar-refractivity contribution in [3.8, 4) is 0 Å². The van der Waals surface area contributed by atoms with Crippen LogP contribution >= 0.6 is 11.8 Å². The van der Waals surface area contributed by atoms with Crippen molar-refractivity contribution in [2.45, 2.75) is 37.2 Å². The van der Waals surface area contributed by atoms with Gasteiger partial charge >= 0.3 is 0 Å². The first-order chi connectivity index (χ1) is 9.63. The molecule has 1 aromatic rings. The number of hydrogen-bond acceptors (Lipinski definition) is 3. The van der Waals surface area contributed by atoms with E-state index in [0.717, 1.165) is 5.75 Å². The van der Waals surface area contributed by atoms with Gasteiger partial charge in [0.2, 0.25) is 11.8 Å². The first-order valence-corrected chi connectivity index (χ1v) is 7.90. The van der Waals surface area contributed by atoms with E-state index in [0.29, 0.717) is 13.0 Å². The van der Waals surface area contributed by atoms with E-state index in [4.69, 9.17) is 0 Å². The van der Waals surface area contributed by atoms with Crippen molar-refractivity contribution in [2.24, 2.45) is 0 Å². The minimum atomic E-state index is -0.373. The molecule has 0 aromatic heterocycles. The van der Waals surface area contributed by atoms with Gasteiger partial charge in [-0.05, 0) is 25.5 Å². The summed E-state index contributed by atoms with van der Waals surface area (Å²) in [4.78, 5) is 27.0. The summed E-state index contributed by atoms with van der Waals surface area (Å²) in [7, 11) is 0. The first-order valence-electron chi connectivity index (χ1n) is 6.92. The molecule has 2 rings (SSSR count). The molecule has 0 spiro atoms. The van der Waals surface area contributed by atoms with Crippen LogP contribution in [0.25, 0.3) is 0 Å². The van der Waals surface area contributed by atoms with Gasteiger partial charge in [-0.1, -0.05) is 25.1 Å². The average Bonchev–Trinajstić information content (AvgIpc) is 2.47. The lowest BCUT2D eigenvalue weighted by Gasteiger charge is -2.37. The van der Waals surface area contributed by atoms with E-state index in [2.05, 4.69) is 5.32 Å². The maximum absolute atomic E-state index is 12.3. The molecule has 1 fully saturated rings. The number of thioether (sulfide) groups is 1. The average molecular weight is 292 g/mol. The number of nitrogens with one attached hydrogen (secondary N) is 1. The van der Waals surface area contributed by atoms with E-state index in [-0.39, 0.29) is 23.9 Å². The van der Waals surface area contributed by atoms with Crippen LogP contribution in [0.1, 0.15) is 20.3 Å². The lowest BCUT2D eigenvalue weighted by Crippen LogP contribution is -2.62. The predicted molar refractivity (Wildman–Crippen MR) is 80.6 cm³/mol. The van der Waals surface area contributed by atoms with Gasteiger partial charge in [-0.3, -0.25) is 9.59 Å². The Labute approximate surface area is 123 Å². The van der Waals surface area contributed by atoms with Gasteiger partial charge in [0.05, 0.1) is 0 Å². The number of hydrogen-bond donors (Lipinski definition) is 1. The molecule has 0 saturated carbocycles. The Balaban J connectivity index is 1.92. The van der Waals surface area contributed by atoms with E-state index >= 15 is 0 Å². The van der Waals surface area contributed by atoms with Crippen LogP contribution in [0.15, 0.2) is 35.2 Å². The molecule has 2 unspecified atom stereocenters. The minimum absolute atomic E-state index is 0.0354. The summed E-state index contributed by atoms with van der Waals surface area (Å²) in [5, 5.41) is 2.77. The molecule has 1 saturated heterocycles. The summed E-state index contributed by atoms with van der Waals surface area (Å²) >= 11 is 1.70. The molecule has 20 heavy (non-hydrogen) atoms. The zero-order valence-electron chi connectivity index (χ0n) is 11.8. The Morgan fingerprint density at radius 1 is 1.25 bits per heavy atom. The van der Waals surface area contributed by atoms with E-state index < -0.39 is 0 Å². The number of piperazine rings is 1. The van der Waals surface area contributed by atoms with Gasteiger partial charge in [0, 0.05) is 17.2 Å². The highest BCUT2D eigenvalue weighted by Gasteiger charge is 2.36. The molecular weight excluding hydrogens is 272 g/mol. The molecule has 1 heterocycles. The number of carbonyl (C=O) groups excluding carboxylic acids is 2. The van der Waals surface area contributed by atoms with Gasteiger partial charge in [-0.25, -0.2) is 0 Å². The number of amides is 2. The third kappa shape index (κ3) is 3.33. The Bertz CT molecular complexity index is 478. The van der Waals surface area contributed by atoms with Crippen LogP contribution in [-0.4, -0.2) is 41.1 Å². The zero-order chi connectivity index (χ0) is 14.5. The molecule has 2 atom stereocenters. The molecule has 0 bridgehead atoms. The SMILES string of the molecule is CCC1NC(=O)C(C)N(CCSc2ccccc2)C1=O. The molecule has 108 valence electrons. The molecule has 1 N–H and O–H groups in total. The van der Waals surface area contributed by atoms with E-state index in [9.17, 15) is 9.59 Å². The fourth-order valence-electron chi connectivity index (χ4n) is 2.25. The van der Waals surface area contributed by atoms with Gasteiger partial charge < -0.3 is 10.2 Å². The van der Waals surface area contributed by atoms with Crippen molar-refractivity contribution in [1.82, 2.24) is 10.2 Å². The van der Waals surface area contributed by atoms with Crippen molar-refractivity contribution in [2.75, 3.05) is 12.3 Å². The van der Waals surface area contributed by atoms with Crippen molar-refractivity contribution >= 4 is 23.6 Å². The van der Waals surface area contributed by atoms with Crippen LogP contribution in [0.2, 0.25) is 0 Å². The topological polar surface area (TPSA) is 49.4 Å². The Morgan fingerprint density at radius 3 is 2.60 bits per heavy atom. The lowest BCUT2D eigenvalue weighted by atomic mass is 10.1. The number of rotatable bonds is 5. The summed E-state index contributed by atoms with van der Waals surface area (Å²) in [6.07, 6.45) is 0.639. The molecule has 2 amide bonds. The molecule has 0 aliphatic carbocycles. The van der Waals surface area contributed by atoms with Crippen LogP contribution in [0.5, 0.6) is 0 Å². The first kappa shape index (κ1) is 14.9. The van der Waals surface area contributed by atoms with Gasteiger partial charge in [0.1, 0.15) is 12.1 Å².